The van der Waals surface area contributed by atoms with Gasteiger partial charge >= 0.3 is 0 Å². The highest BCUT2D eigenvalue weighted by Crippen LogP contribution is 2.13. The summed E-state index contributed by atoms with van der Waals surface area (Å²) in [5.41, 5.74) is 8.26. The molecule has 2 rings (SSSR count). The third kappa shape index (κ3) is 4.72. The zero-order valence-electron chi connectivity index (χ0n) is 12.3. The molecule has 0 radical (unpaired) electrons. The molecule has 0 heterocycles. The van der Waals surface area contributed by atoms with Gasteiger partial charge in [-0.3, -0.25) is 4.79 Å². The van der Waals surface area contributed by atoms with Gasteiger partial charge in [0.25, 0.3) is 0 Å². The number of benzene rings is 2. The first kappa shape index (κ1) is 15.3. The van der Waals surface area contributed by atoms with Crippen LogP contribution < -0.4 is 11.1 Å². The lowest BCUT2D eigenvalue weighted by molar-refractivity contribution is -0.122. The predicted molar refractivity (Wildman–Crippen MR) is 86.0 cm³/mol. The molecule has 3 nitrogen and oxygen atoms in total. The Bertz CT molecular complexity index is 554. The van der Waals surface area contributed by atoms with Crippen molar-refractivity contribution in [2.24, 2.45) is 5.73 Å². The summed E-state index contributed by atoms with van der Waals surface area (Å²) in [6.07, 6.45) is 0.562. The van der Waals surface area contributed by atoms with E-state index >= 15 is 0 Å². The lowest BCUT2D eigenvalue weighted by Crippen LogP contribution is -2.43. The van der Waals surface area contributed by atoms with Gasteiger partial charge in [0.05, 0.1) is 6.04 Å². The van der Waals surface area contributed by atoms with Gasteiger partial charge in [-0.05, 0) is 23.5 Å². The highest BCUT2D eigenvalue weighted by Gasteiger charge is 2.15. The second kappa shape index (κ2) is 7.60. The van der Waals surface area contributed by atoms with Crippen molar-refractivity contribution in [3.63, 3.8) is 0 Å². The lowest BCUT2D eigenvalue weighted by atomic mass is 10.0. The van der Waals surface area contributed by atoms with Crippen LogP contribution in [0, 0.1) is 0 Å². The monoisotopic (exact) mass is 282 g/mol. The SMILES string of the molecule is CC(CNC(=O)[C@@H](N)Cc1ccccc1)c1ccccc1. The first-order valence-corrected chi connectivity index (χ1v) is 7.29. The van der Waals surface area contributed by atoms with Crippen molar-refractivity contribution in [3.05, 3.63) is 71.8 Å². The maximum atomic E-state index is 12.0. The maximum absolute atomic E-state index is 12.0. The molecule has 2 atom stereocenters. The number of amides is 1. The Balaban J connectivity index is 1.81. The van der Waals surface area contributed by atoms with Crippen molar-refractivity contribution in [3.8, 4) is 0 Å². The molecule has 0 spiro atoms. The molecule has 21 heavy (non-hydrogen) atoms. The summed E-state index contributed by atoms with van der Waals surface area (Å²) >= 11 is 0. The summed E-state index contributed by atoms with van der Waals surface area (Å²) in [5, 5.41) is 2.94. The van der Waals surface area contributed by atoms with E-state index in [1.807, 2.05) is 48.5 Å². The Labute approximate surface area is 126 Å². The zero-order valence-corrected chi connectivity index (χ0v) is 12.3. The van der Waals surface area contributed by atoms with Crippen LogP contribution in [0.5, 0.6) is 0 Å². The molecule has 2 aromatic carbocycles. The second-order valence-corrected chi connectivity index (χ2v) is 5.35. The van der Waals surface area contributed by atoms with Crippen LogP contribution in [0.25, 0.3) is 0 Å². The summed E-state index contributed by atoms with van der Waals surface area (Å²) in [7, 11) is 0. The predicted octanol–water partition coefficient (Wildman–Crippen LogP) is 2.48. The van der Waals surface area contributed by atoms with Gasteiger partial charge < -0.3 is 11.1 Å². The van der Waals surface area contributed by atoms with Gasteiger partial charge in [-0.15, -0.1) is 0 Å². The Morgan fingerprint density at radius 3 is 2.24 bits per heavy atom. The Morgan fingerprint density at radius 1 is 1.05 bits per heavy atom. The summed E-state index contributed by atoms with van der Waals surface area (Å²) in [6.45, 7) is 2.70. The van der Waals surface area contributed by atoms with E-state index in [1.165, 1.54) is 5.56 Å². The van der Waals surface area contributed by atoms with Crippen molar-refractivity contribution in [2.45, 2.75) is 25.3 Å². The molecule has 0 aromatic heterocycles. The van der Waals surface area contributed by atoms with Crippen LogP contribution in [0.4, 0.5) is 0 Å². The lowest BCUT2D eigenvalue weighted by Gasteiger charge is -2.16. The highest BCUT2D eigenvalue weighted by atomic mass is 16.2. The van der Waals surface area contributed by atoms with Crippen molar-refractivity contribution >= 4 is 5.91 Å². The fraction of sp³-hybridized carbons (Fsp3) is 0.278. The standard InChI is InChI=1S/C18H22N2O/c1-14(16-10-6-3-7-11-16)13-20-18(21)17(19)12-15-8-4-2-5-9-15/h2-11,14,17H,12-13,19H2,1H3,(H,20,21)/t14?,17-/m0/s1. The van der Waals surface area contributed by atoms with Crippen molar-refractivity contribution in [2.75, 3.05) is 6.54 Å². The molecule has 110 valence electrons. The van der Waals surface area contributed by atoms with Crippen LogP contribution in [-0.2, 0) is 11.2 Å². The van der Waals surface area contributed by atoms with E-state index in [4.69, 9.17) is 5.73 Å². The smallest absolute Gasteiger partial charge is 0.237 e. The molecular formula is C18H22N2O. The van der Waals surface area contributed by atoms with E-state index in [-0.39, 0.29) is 11.8 Å². The number of hydrogen-bond donors (Lipinski definition) is 2. The molecule has 0 saturated heterocycles. The maximum Gasteiger partial charge on any atom is 0.237 e. The first-order valence-electron chi connectivity index (χ1n) is 7.29. The normalized spacial score (nSPS) is 13.4. The van der Waals surface area contributed by atoms with Crippen molar-refractivity contribution in [1.82, 2.24) is 5.32 Å². The highest BCUT2D eigenvalue weighted by molar-refractivity contribution is 5.81. The molecule has 2 aromatic rings. The van der Waals surface area contributed by atoms with Gasteiger partial charge in [0.15, 0.2) is 0 Å². The number of nitrogens with two attached hydrogens (primary N) is 1. The average molecular weight is 282 g/mol. The number of carbonyl (C=O) groups excluding carboxylic acids is 1. The van der Waals surface area contributed by atoms with E-state index in [1.54, 1.807) is 0 Å². The van der Waals surface area contributed by atoms with Crippen LogP contribution in [0.1, 0.15) is 24.0 Å². The van der Waals surface area contributed by atoms with Gasteiger partial charge in [-0.25, -0.2) is 0 Å². The molecule has 1 amide bonds. The van der Waals surface area contributed by atoms with E-state index in [9.17, 15) is 4.79 Å². The molecule has 1 unspecified atom stereocenters. The molecule has 3 N–H and O–H groups in total. The molecule has 0 aliphatic heterocycles. The summed E-state index contributed by atoms with van der Waals surface area (Å²) in [5.74, 6) is 0.181. The van der Waals surface area contributed by atoms with Crippen LogP contribution >= 0.6 is 0 Å². The summed E-state index contributed by atoms with van der Waals surface area (Å²) < 4.78 is 0. The third-order valence-corrected chi connectivity index (χ3v) is 3.59. The number of hydrogen-bond acceptors (Lipinski definition) is 2. The minimum atomic E-state index is -0.504. The molecule has 0 bridgehead atoms. The minimum absolute atomic E-state index is 0.0957. The molecule has 0 aliphatic carbocycles. The molecule has 0 aliphatic rings. The van der Waals surface area contributed by atoms with Crippen LogP contribution in [0.2, 0.25) is 0 Å². The Morgan fingerprint density at radius 2 is 1.62 bits per heavy atom. The zero-order chi connectivity index (χ0) is 15.1. The molecule has 0 fully saturated rings. The number of carbonyl (C=O) groups is 1. The second-order valence-electron chi connectivity index (χ2n) is 5.35. The Hall–Kier alpha value is -2.13. The topological polar surface area (TPSA) is 55.1 Å². The van der Waals surface area contributed by atoms with E-state index < -0.39 is 6.04 Å². The van der Waals surface area contributed by atoms with Crippen molar-refractivity contribution < 1.29 is 4.79 Å². The summed E-state index contributed by atoms with van der Waals surface area (Å²) in [6, 6.07) is 19.5. The average Bonchev–Trinajstić information content (AvgIpc) is 2.54. The van der Waals surface area contributed by atoms with E-state index in [0.717, 1.165) is 5.56 Å². The van der Waals surface area contributed by atoms with Gasteiger partial charge in [0.2, 0.25) is 5.91 Å². The fourth-order valence-electron chi connectivity index (χ4n) is 2.24. The van der Waals surface area contributed by atoms with Gasteiger partial charge in [0.1, 0.15) is 0 Å². The number of rotatable bonds is 6. The van der Waals surface area contributed by atoms with E-state index in [2.05, 4.69) is 24.4 Å². The van der Waals surface area contributed by atoms with Crippen LogP contribution in [0.3, 0.4) is 0 Å². The molecule has 3 heteroatoms. The summed E-state index contributed by atoms with van der Waals surface area (Å²) in [4.78, 5) is 12.0. The quantitative estimate of drug-likeness (QED) is 0.855. The molecular weight excluding hydrogens is 260 g/mol. The third-order valence-electron chi connectivity index (χ3n) is 3.59. The van der Waals surface area contributed by atoms with E-state index in [0.29, 0.717) is 13.0 Å². The fourth-order valence-corrected chi connectivity index (χ4v) is 2.24. The first-order chi connectivity index (χ1) is 10.2. The molecule has 0 saturated carbocycles. The van der Waals surface area contributed by atoms with Crippen LogP contribution in [0.15, 0.2) is 60.7 Å². The van der Waals surface area contributed by atoms with Crippen LogP contribution in [-0.4, -0.2) is 18.5 Å². The van der Waals surface area contributed by atoms with Gasteiger partial charge in [-0.1, -0.05) is 67.6 Å². The Kier molecular flexibility index (Phi) is 5.52. The minimum Gasteiger partial charge on any atom is -0.354 e. The van der Waals surface area contributed by atoms with Gasteiger partial charge in [0, 0.05) is 6.54 Å². The number of nitrogens with one attached hydrogen (secondary N) is 1. The van der Waals surface area contributed by atoms with Crippen molar-refractivity contribution in [1.29, 1.82) is 0 Å². The van der Waals surface area contributed by atoms with Gasteiger partial charge in [-0.2, -0.15) is 0 Å². The largest absolute Gasteiger partial charge is 0.354 e.